The second kappa shape index (κ2) is 7.36. The van der Waals surface area contributed by atoms with E-state index in [4.69, 9.17) is 0 Å². The number of pyridine rings is 1. The second-order valence-corrected chi connectivity index (χ2v) is 6.49. The van der Waals surface area contributed by atoms with E-state index >= 15 is 0 Å². The lowest BCUT2D eigenvalue weighted by Crippen LogP contribution is -2.29. The van der Waals surface area contributed by atoms with Gasteiger partial charge in [0.25, 0.3) is 5.91 Å². The summed E-state index contributed by atoms with van der Waals surface area (Å²) in [6.07, 6.45) is 6.81. The molecule has 0 radical (unpaired) electrons. The molecule has 0 aliphatic carbocycles. The van der Waals surface area contributed by atoms with Crippen molar-refractivity contribution in [3.05, 3.63) is 71.4 Å². The first kappa shape index (κ1) is 17.0. The highest BCUT2D eigenvalue weighted by Gasteiger charge is 2.32. The van der Waals surface area contributed by atoms with Crippen molar-refractivity contribution in [2.75, 3.05) is 6.54 Å². The number of hydrogen-bond acceptors (Lipinski definition) is 5. The van der Waals surface area contributed by atoms with E-state index in [1.807, 2.05) is 31.2 Å². The number of thioether (sulfide) groups is 1. The van der Waals surface area contributed by atoms with Crippen LogP contribution >= 0.6 is 11.8 Å². The van der Waals surface area contributed by atoms with Crippen LogP contribution in [0.1, 0.15) is 11.1 Å². The van der Waals surface area contributed by atoms with Crippen LogP contribution in [0.4, 0.5) is 5.69 Å². The predicted octanol–water partition coefficient (Wildman–Crippen LogP) is 3.89. The Kier molecular flexibility index (Phi) is 5.00. The van der Waals surface area contributed by atoms with Crippen LogP contribution in [-0.2, 0) is 4.79 Å². The van der Waals surface area contributed by atoms with Gasteiger partial charge < -0.3 is 5.11 Å². The molecular formula is C19H17N3O2S. The number of hydrogen-bond donors (Lipinski definition) is 1. The summed E-state index contributed by atoms with van der Waals surface area (Å²) in [4.78, 5) is 23.2. The molecule has 0 spiro atoms. The minimum absolute atomic E-state index is 0.0886. The fourth-order valence-corrected chi connectivity index (χ4v) is 3.32. The van der Waals surface area contributed by atoms with Gasteiger partial charge in [-0.3, -0.25) is 14.7 Å². The topological polar surface area (TPSA) is 65.8 Å². The Bertz CT molecular complexity index is 875. The summed E-state index contributed by atoms with van der Waals surface area (Å²) in [5.74, 6) is -0.0438. The first-order chi connectivity index (χ1) is 12.1. The van der Waals surface area contributed by atoms with E-state index in [2.05, 4.69) is 16.6 Å². The van der Waals surface area contributed by atoms with Gasteiger partial charge in [-0.05, 0) is 60.2 Å². The van der Waals surface area contributed by atoms with Crippen LogP contribution in [0.3, 0.4) is 0 Å². The minimum atomic E-state index is -0.132. The number of aryl methyl sites for hydroxylation is 1. The minimum Gasteiger partial charge on any atom is -0.506 e. The van der Waals surface area contributed by atoms with Crippen molar-refractivity contribution in [3.8, 4) is 5.75 Å². The van der Waals surface area contributed by atoms with Crippen molar-refractivity contribution in [2.24, 2.45) is 4.99 Å². The van der Waals surface area contributed by atoms with Gasteiger partial charge in [-0.2, -0.15) is 0 Å². The Hall–Kier alpha value is -2.86. The van der Waals surface area contributed by atoms with Crippen LogP contribution in [0.5, 0.6) is 5.75 Å². The van der Waals surface area contributed by atoms with E-state index in [0.717, 1.165) is 11.1 Å². The molecule has 25 heavy (non-hydrogen) atoms. The third-order valence-electron chi connectivity index (χ3n) is 3.55. The van der Waals surface area contributed by atoms with Crippen molar-refractivity contribution in [1.82, 2.24) is 9.88 Å². The predicted molar refractivity (Wildman–Crippen MR) is 102 cm³/mol. The number of amidine groups is 1. The van der Waals surface area contributed by atoms with Gasteiger partial charge in [-0.25, -0.2) is 4.99 Å². The third-order valence-corrected chi connectivity index (χ3v) is 4.56. The Labute approximate surface area is 150 Å². The molecule has 3 rings (SSSR count). The first-order valence-electron chi connectivity index (χ1n) is 7.69. The number of aromatic hydroxyl groups is 1. The zero-order valence-corrected chi connectivity index (χ0v) is 14.5. The number of aliphatic imine (C=N–C) groups is 1. The normalized spacial score (nSPS) is 17.5. The molecule has 1 aliphatic heterocycles. The lowest BCUT2D eigenvalue weighted by atomic mass is 10.2. The summed E-state index contributed by atoms with van der Waals surface area (Å²) >= 11 is 1.28. The summed E-state index contributed by atoms with van der Waals surface area (Å²) < 4.78 is 0. The van der Waals surface area contributed by atoms with Gasteiger partial charge in [-0.1, -0.05) is 12.1 Å². The standard InChI is InChI=1S/C19H17N3O2S/c1-3-10-22-18(24)17(12-14-6-8-20-9-7-14)25-19(22)21-15-5-4-13(2)11-16(15)23/h3-9,11-12,23H,1,10H2,2H3/b17-12-,21-19?. The number of phenols is 1. The Morgan fingerprint density at radius 2 is 2.08 bits per heavy atom. The zero-order chi connectivity index (χ0) is 17.8. The van der Waals surface area contributed by atoms with Gasteiger partial charge >= 0.3 is 0 Å². The second-order valence-electron chi connectivity index (χ2n) is 5.48. The number of nitrogens with zero attached hydrogens (tertiary/aromatic N) is 3. The number of amides is 1. The quantitative estimate of drug-likeness (QED) is 0.670. The first-order valence-corrected chi connectivity index (χ1v) is 8.51. The highest BCUT2D eigenvalue weighted by atomic mass is 32.2. The third kappa shape index (κ3) is 3.80. The van der Waals surface area contributed by atoms with E-state index in [1.54, 1.807) is 35.5 Å². The van der Waals surface area contributed by atoms with Gasteiger partial charge in [0.1, 0.15) is 11.4 Å². The number of carbonyl (C=O) groups excluding carboxylic acids is 1. The lowest BCUT2D eigenvalue weighted by Gasteiger charge is -2.12. The van der Waals surface area contributed by atoms with Crippen molar-refractivity contribution in [2.45, 2.75) is 6.92 Å². The zero-order valence-electron chi connectivity index (χ0n) is 13.7. The largest absolute Gasteiger partial charge is 0.506 e. The molecule has 1 saturated heterocycles. The van der Waals surface area contributed by atoms with Crippen molar-refractivity contribution < 1.29 is 9.90 Å². The number of benzene rings is 1. The maximum Gasteiger partial charge on any atom is 0.267 e. The maximum atomic E-state index is 12.7. The molecule has 1 fully saturated rings. The highest BCUT2D eigenvalue weighted by molar-refractivity contribution is 8.18. The summed E-state index contributed by atoms with van der Waals surface area (Å²) in [5.41, 5.74) is 2.27. The lowest BCUT2D eigenvalue weighted by molar-refractivity contribution is -0.121. The molecule has 1 aromatic heterocycles. The van der Waals surface area contributed by atoms with Gasteiger partial charge in [0.2, 0.25) is 0 Å². The van der Waals surface area contributed by atoms with Gasteiger partial charge in [-0.15, -0.1) is 6.58 Å². The van der Waals surface area contributed by atoms with E-state index < -0.39 is 0 Å². The van der Waals surface area contributed by atoms with Crippen LogP contribution in [0.2, 0.25) is 0 Å². The number of rotatable bonds is 4. The molecule has 1 aliphatic rings. The smallest absolute Gasteiger partial charge is 0.267 e. The molecule has 0 saturated carbocycles. The van der Waals surface area contributed by atoms with Crippen molar-refractivity contribution >= 4 is 34.6 Å². The van der Waals surface area contributed by atoms with Gasteiger partial charge in [0.15, 0.2) is 5.17 Å². The number of phenolic OH excluding ortho intramolecular Hbond substituents is 1. The molecule has 126 valence electrons. The van der Waals surface area contributed by atoms with Crippen molar-refractivity contribution in [3.63, 3.8) is 0 Å². The van der Waals surface area contributed by atoms with Crippen LogP contribution < -0.4 is 0 Å². The average molecular weight is 351 g/mol. The molecule has 1 amide bonds. The number of carbonyl (C=O) groups is 1. The van der Waals surface area contributed by atoms with E-state index in [-0.39, 0.29) is 11.7 Å². The molecule has 2 heterocycles. The molecular weight excluding hydrogens is 334 g/mol. The maximum absolute atomic E-state index is 12.7. The Morgan fingerprint density at radius 3 is 2.76 bits per heavy atom. The van der Waals surface area contributed by atoms with E-state index in [0.29, 0.717) is 22.3 Å². The van der Waals surface area contributed by atoms with Crippen LogP contribution in [0.25, 0.3) is 6.08 Å². The fourth-order valence-electron chi connectivity index (χ4n) is 2.32. The molecule has 0 atom stereocenters. The fraction of sp³-hybridized carbons (Fsp3) is 0.105. The van der Waals surface area contributed by atoms with Gasteiger partial charge in [0, 0.05) is 18.9 Å². The van der Waals surface area contributed by atoms with Gasteiger partial charge in [0.05, 0.1) is 4.91 Å². The summed E-state index contributed by atoms with van der Waals surface area (Å²) in [6, 6.07) is 8.91. The molecule has 0 bridgehead atoms. The molecule has 0 unspecified atom stereocenters. The molecule has 6 heteroatoms. The average Bonchev–Trinajstić information content (AvgIpc) is 2.88. The Balaban J connectivity index is 1.98. The summed E-state index contributed by atoms with van der Waals surface area (Å²) in [6.45, 7) is 5.95. The molecule has 2 aromatic rings. The molecule has 5 nitrogen and oxygen atoms in total. The van der Waals surface area contributed by atoms with Crippen LogP contribution in [0.15, 0.2) is 65.3 Å². The number of aromatic nitrogens is 1. The monoisotopic (exact) mass is 351 g/mol. The van der Waals surface area contributed by atoms with Crippen molar-refractivity contribution in [1.29, 1.82) is 0 Å². The summed E-state index contributed by atoms with van der Waals surface area (Å²) in [5, 5.41) is 10.6. The van der Waals surface area contributed by atoms with E-state index in [9.17, 15) is 9.90 Å². The molecule has 1 N–H and O–H groups in total. The Morgan fingerprint density at radius 1 is 1.32 bits per heavy atom. The van der Waals surface area contributed by atoms with Crippen LogP contribution in [-0.4, -0.2) is 32.6 Å². The SMILES string of the molecule is C=CCN1C(=O)/C(=C/c2ccncc2)SC1=Nc1ccc(C)cc1O. The highest BCUT2D eigenvalue weighted by Crippen LogP contribution is 2.36. The summed E-state index contributed by atoms with van der Waals surface area (Å²) in [7, 11) is 0. The molecule has 1 aromatic carbocycles. The van der Waals surface area contributed by atoms with E-state index in [1.165, 1.54) is 11.8 Å². The van der Waals surface area contributed by atoms with Crippen LogP contribution in [0, 0.1) is 6.92 Å².